The molecular weight excluding hydrogens is 358 g/mol. The van der Waals surface area contributed by atoms with Gasteiger partial charge in [0.15, 0.2) is 0 Å². The first-order valence-electron chi connectivity index (χ1n) is 9.44. The Kier molecular flexibility index (Phi) is 5.12. The van der Waals surface area contributed by atoms with E-state index >= 15 is 0 Å². The van der Waals surface area contributed by atoms with Crippen LogP contribution < -0.4 is 9.47 Å². The molecule has 7 nitrogen and oxygen atoms in total. The number of hydrogen-bond donors (Lipinski definition) is 0. The Hall–Kier alpha value is -2.57. The zero-order valence-electron chi connectivity index (χ0n) is 17.7. The molecule has 0 aliphatic heterocycles. The first-order valence-corrected chi connectivity index (χ1v) is 9.44. The van der Waals surface area contributed by atoms with Crippen molar-refractivity contribution in [1.29, 1.82) is 0 Å². The summed E-state index contributed by atoms with van der Waals surface area (Å²) in [6.45, 7) is 6.33. The molecule has 1 aliphatic rings. The fourth-order valence-corrected chi connectivity index (χ4v) is 4.25. The molecule has 0 N–H and O–H groups in total. The minimum absolute atomic E-state index is 0.0938. The minimum Gasteiger partial charge on any atom is -0.496 e. The molecule has 0 saturated heterocycles. The van der Waals surface area contributed by atoms with Crippen molar-refractivity contribution in [3.05, 3.63) is 24.1 Å². The lowest BCUT2D eigenvalue weighted by atomic mass is 9.65. The first kappa shape index (κ1) is 20.2. The molecule has 0 spiro atoms. The summed E-state index contributed by atoms with van der Waals surface area (Å²) in [6.07, 6.45) is 1.59. The molecule has 28 heavy (non-hydrogen) atoms. The molecule has 2 atom stereocenters. The van der Waals surface area contributed by atoms with Crippen LogP contribution in [0.4, 0.5) is 0 Å². The summed E-state index contributed by atoms with van der Waals surface area (Å²) in [6, 6.07) is 5.52. The van der Waals surface area contributed by atoms with E-state index in [1.54, 1.807) is 33.2 Å². The van der Waals surface area contributed by atoms with Gasteiger partial charge in [0.2, 0.25) is 17.6 Å². The van der Waals surface area contributed by atoms with Gasteiger partial charge in [-0.1, -0.05) is 32.0 Å². The maximum Gasteiger partial charge on any atom is 0.233 e. The Labute approximate surface area is 166 Å². The molecule has 7 heteroatoms. The highest BCUT2D eigenvalue weighted by Gasteiger charge is 2.58. The highest BCUT2D eigenvalue weighted by molar-refractivity contribution is 5.80. The number of methoxy groups -OCH3 is 2. The van der Waals surface area contributed by atoms with Crippen molar-refractivity contribution in [1.82, 2.24) is 15.0 Å². The number of aromatic nitrogens is 2. The fraction of sp³-hybridized carbons (Fsp3) is 0.571. The molecule has 0 radical (unpaired) electrons. The molecule has 2 unspecified atom stereocenters. The maximum atomic E-state index is 12.7. The van der Waals surface area contributed by atoms with Crippen molar-refractivity contribution in [3.63, 3.8) is 0 Å². The average Bonchev–Trinajstić information content (AvgIpc) is 3.24. The fourth-order valence-electron chi connectivity index (χ4n) is 4.25. The SMILES string of the molecule is COc1cccc(OC)c1-c1noc(C2(C)CCC(C(=O)N(C)C)C2(C)C)n1. The third-order valence-corrected chi connectivity index (χ3v) is 6.51. The number of nitrogens with zero attached hydrogens (tertiary/aromatic N) is 3. The molecule has 1 saturated carbocycles. The van der Waals surface area contributed by atoms with Crippen LogP contribution in [0.1, 0.15) is 39.5 Å². The van der Waals surface area contributed by atoms with Gasteiger partial charge in [0, 0.05) is 20.0 Å². The molecule has 1 amide bonds. The Morgan fingerprint density at radius 1 is 1.18 bits per heavy atom. The van der Waals surface area contributed by atoms with E-state index in [2.05, 4.69) is 25.9 Å². The van der Waals surface area contributed by atoms with Crippen molar-refractivity contribution in [3.8, 4) is 22.9 Å². The third kappa shape index (κ3) is 2.93. The number of benzene rings is 1. The molecule has 2 aromatic rings. The number of carbonyl (C=O) groups is 1. The highest BCUT2D eigenvalue weighted by Crippen LogP contribution is 2.57. The Morgan fingerprint density at radius 3 is 2.32 bits per heavy atom. The number of carbonyl (C=O) groups excluding carboxylic acids is 1. The van der Waals surface area contributed by atoms with E-state index < -0.39 is 5.41 Å². The molecule has 1 aliphatic carbocycles. The van der Waals surface area contributed by atoms with Crippen LogP contribution in [-0.4, -0.2) is 49.3 Å². The third-order valence-electron chi connectivity index (χ3n) is 6.51. The lowest BCUT2D eigenvalue weighted by Crippen LogP contribution is -2.43. The van der Waals surface area contributed by atoms with Crippen LogP contribution in [0, 0.1) is 11.3 Å². The maximum absolute atomic E-state index is 12.7. The van der Waals surface area contributed by atoms with E-state index in [0.29, 0.717) is 28.8 Å². The van der Waals surface area contributed by atoms with Crippen LogP contribution in [0.2, 0.25) is 0 Å². The zero-order valence-corrected chi connectivity index (χ0v) is 17.7. The van der Waals surface area contributed by atoms with Gasteiger partial charge in [-0.15, -0.1) is 0 Å². The summed E-state index contributed by atoms with van der Waals surface area (Å²) in [5.41, 5.74) is -0.0878. The molecule has 1 fully saturated rings. The van der Waals surface area contributed by atoms with Gasteiger partial charge in [-0.3, -0.25) is 4.79 Å². The standard InChI is InChI=1S/C21H29N3O4/c1-20(2)13(18(25)24(4)5)11-12-21(20,3)19-22-17(23-28-19)16-14(26-6)9-8-10-15(16)27-7/h8-10,13H,11-12H2,1-7H3. The molecule has 152 valence electrons. The van der Waals surface area contributed by atoms with E-state index in [0.717, 1.165) is 12.8 Å². The van der Waals surface area contributed by atoms with Crippen LogP contribution in [0.5, 0.6) is 11.5 Å². The Bertz CT molecular complexity index is 852. The van der Waals surface area contributed by atoms with Crippen molar-refractivity contribution >= 4 is 5.91 Å². The second-order valence-corrected chi connectivity index (χ2v) is 8.34. The lowest BCUT2D eigenvalue weighted by molar-refractivity contribution is -0.136. The number of amides is 1. The Morgan fingerprint density at radius 2 is 1.79 bits per heavy atom. The van der Waals surface area contributed by atoms with Gasteiger partial charge in [0.25, 0.3) is 0 Å². The monoisotopic (exact) mass is 387 g/mol. The lowest BCUT2D eigenvalue weighted by Gasteiger charge is -2.39. The normalized spacial score (nSPS) is 23.5. The van der Waals surface area contributed by atoms with E-state index in [9.17, 15) is 4.79 Å². The molecule has 0 bridgehead atoms. The van der Waals surface area contributed by atoms with Crippen LogP contribution >= 0.6 is 0 Å². The van der Waals surface area contributed by atoms with Gasteiger partial charge < -0.3 is 18.9 Å². The summed E-state index contributed by atoms with van der Waals surface area (Å²) in [5.74, 6) is 2.23. The smallest absolute Gasteiger partial charge is 0.233 e. The van der Waals surface area contributed by atoms with E-state index in [4.69, 9.17) is 19.0 Å². The van der Waals surface area contributed by atoms with E-state index in [1.165, 1.54) is 0 Å². The van der Waals surface area contributed by atoms with Gasteiger partial charge in [-0.25, -0.2) is 0 Å². The van der Waals surface area contributed by atoms with Crippen molar-refractivity contribution in [2.24, 2.45) is 11.3 Å². The summed E-state index contributed by atoms with van der Waals surface area (Å²) in [5, 5.41) is 4.22. The predicted molar refractivity (Wildman–Crippen MR) is 105 cm³/mol. The zero-order chi connectivity index (χ0) is 20.7. The minimum atomic E-state index is -0.413. The highest BCUT2D eigenvalue weighted by atomic mass is 16.5. The number of hydrogen-bond acceptors (Lipinski definition) is 6. The first-order chi connectivity index (χ1) is 13.2. The Balaban J connectivity index is 2.03. The summed E-state index contributed by atoms with van der Waals surface area (Å²) >= 11 is 0. The predicted octanol–water partition coefficient (Wildman–Crippen LogP) is 3.54. The van der Waals surface area contributed by atoms with Gasteiger partial charge in [0.05, 0.1) is 19.6 Å². The van der Waals surface area contributed by atoms with E-state index in [1.807, 2.05) is 18.2 Å². The molecule has 3 rings (SSSR count). The summed E-state index contributed by atoms with van der Waals surface area (Å²) < 4.78 is 16.7. The topological polar surface area (TPSA) is 77.7 Å². The van der Waals surface area contributed by atoms with Crippen molar-refractivity contribution < 1.29 is 18.8 Å². The largest absolute Gasteiger partial charge is 0.496 e. The number of ether oxygens (including phenoxy) is 2. The summed E-state index contributed by atoms with van der Waals surface area (Å²) in [7, 11) is 6.79. The average molecular weight is 387 g/mol. The van der Waals surface area contributed by atoms with Gasteiger partial charge in [-0.2, -0.15) is 4.98 Å². The molecular formula is C21H29N3O4. The second-order valence-electron chi connectivity index (χ2n) is 8.34. The van der Waals surface area contributed by atoms with Gasteiger partial charge in [-0.05, 0) is 30.4 Å². The van der Waals surface area contributed by atoms with Crippen LogP contribution in [-0.2, 0) is 10.2 Å². The van der Waals surface area contributed by atoms with E-state index in [-0.39, 0.29) is 17.2 Å². The van der Waals surface area contributed by atoms with Gasteiger partial charge in [0.1, 0.15) is 17.1 Å². The molecule has 1 aromatic carbocycles. The second kappa shape index (κ2) is 7.11. The van der Waals surface area contributed by atoms with Crippen molar-refractivity contribution in [2.45, 2.75) is 39.0 Å². The number of rotatable bonds is 5. The van der Waals surface area contributed by atoms with Crippen LogP contribution in [0.15, 0.2) is 22.7 Å². The van der Waals surface area contributed by atoms with Crippen molar-refractivity contribution in [2.75, 3.05) is 28.3 Å². The van der Waals surface area contributed by atoms with Gasteiger partial charge >= 0.3 is 0 Å². The molecule has 1 aromatic heterocycles. The summed E-state index contributed by atoms with van der Waals surface area (Å²) in [4.78, 5) is 19.1. The van der Waals surface area contributed by atoms with Crippen LogP contribution in [0.25, 0.3) is 11.4 Å². The van der Waals surface area contributed by atoms with Crippen LogP contribution in [0.3, 0.4) is 0 Å². The quantitative estimate of drug-likeness (QED) is 0.781. The molecule has 1 heterocycles.